The topological polar surface area (TPSA) is 59.0 Å². The first-order chi connectivity index (χ1) is 7.78. The number of hydrogen-bond acceptors (Lipinski definition) is 3. The summed E-state index contributed by atoms with van der Waals surface area (Å²) in [6, 6.07) is 16.2. The molecule has 0 aliphatic carbocycles. The van der Waals surface area contributed by atoms with E-state index >= 15 is 0 Å². The molecule has 0 unspecified atom stereocenters. The molecular weight excluding hydrogens is 200 g/mol. The van der Waals surface area contributed by atoms with Crippen molar-refractivity contribution in [3.8, 4) is 17.6 Å². The van der Waals surface area contributed by atoms with Gasteiger partial charge in [-0.15, -0.1) is 0 Å². The standard InChI is InChI=1S/C13H10N2O/c14-9-10-1-5-12(6-2-10)16-13-7-3-11(15)4-8-13/h1-8H,15H2. The average molecular weight is 210 g/mol. The number of nitrogen functional groups attached to an aromatic ring is 1. The number of nitrogens with two attached hydrogens (primary N) is 1. The zero-order valence-corrected chi connectivity index (χ0v) is 8.55. The van der Waals surface area contributed by atoms with Gasteiger partial charge in [0.25, 0.3) is 0 Å². The van der Waals surface area contributed by atoms with Gasteiger partial charge in [-0.05, 0) is 48.5 Å². The minimum absolute atomic E-state index is 0.615. The summed E-state index contributed by atoms with van der Waals surface area (Å²) in [5.41, 5.74) is 6.88. The van der Waals surface area contributed by atoms with Gasteiger partial charge in [-0.2, -0.15) is 5.26 Å². The monoisotopic (exact) mass is 210 g/mol. The number of benzene rings is 2. The molecule has 0 aliphatic rings. The lowest BCUT2D eigenvalue weighted by molar-refractivity contribution is 0.483. The van der Waals surface area contributed by atoms with Crippen molar-refractivity contribution in [2.45, 2.75) is 0 Å². The van der Waals surface area contributed by atoms with Crippen LogP contribution < -0.4 is 10.5 Å². The number of anilines is 1. The van der Waals surface area contributed by atoms with Crippen LogP contribution in [0.4, 0.5) is 5.69 Å². The normalized spacial score (nSPS) is 9.44. The maximum atomic E-state index is 8.64. The van der Waals surface area contributed by atoms with Crippen molar-refractivity contribution in [1.82, 2.24) is 0 Å². The van der Waals surface area contributed by atoms with Gasteiger partial charge >= 0.3 is 0 Å². The third-order valence-electron chi connectivity index (χ3n) is 2.10. The molecule has 78 valence electrons. The fourth-order valence-corrected chi connectivity index (χ4v) is 1.27. The first kappa shape index (κ1) is 10.1. The van der Waals surface area contributed by atoms with Crippen LogP contribution in [0.5, 0.6) is 11.5 Å². The second-order valence-electron chi connectivity index (χ2n) is 3.31. The van der Waals surface area contributed by atoms with Gasteiger partial charge in [0.2, 0.25) is 0 Å². The highest BCUT2D eigenvalue weighted by molar-refractivity contribution is 5.43. The zero-order chi connectivity index (χ0) is 11.4. The van der Waals surface area contributed by atoms with Gasteiger partial charge in [0.1, 0.15) is 11.5 Å². The van der Waals surface area contributed by atoms with Gasteiger partial charge in [-0.1, -0.05) is 0 Å². The van der Waals surface area contributed by atoms with Crippen LogP contribution >= 0.6 is 0 Å². The largest absolute Gasteiger partial charge is 0.457 e. The zero-order valence-electron chi connectivity index (χ0n) is 8.55. The molecule has 2 aromatic carbocycles. The molecule has 0 aliphatic heterocycles. The smallest absolute Gasteiger partial charge is 0.127 e. The van der Waals surface area contributed by atoms with E-state index in [1.165, 1.54) is 0 Å². The average Bonchev–Trinajstić information content (AvgIpc) is 2.33. The van der Waals surface area contributed by atoms with Crippen molar-refractivity contribution in [1.29, 1.82) is 5.26 Å². The fraction of sp³-hybridized carbons (Fsp3) is 0. The molecule has 0 radical (unpaired) electrons. The molecule has 0 amide bonds. The summed E-state index contributed by atoms with van der Waals surface area (Å²) >= 11 is 0. The molecule has 0 heterocycles. The van der Waals surface area contributed by atoms with E-state index in [1.807, 2.05) is 0 Å². The van der Waals surface area contributed by atoms with Gasteiger partial charge < -0.3 is 10.5 Å². The third kappa shape index (κ3) is 2.31. The molecule has 16 heavy (non-hydrogen) atoms. The molecule has 3 heteroatoms. The van der Waals surface area contributed by atoms with E-state index in [1.54, 1.807) is 48.5 Å². The molecular formula is C13H10N2O. The Kier molecular flexibility index (Phi) is 2.75. The predicted molar refractivity (Wildman–Crippen MR) is 62.1 cm³/mol. The van der Waals surface area contributed by atoms with Crippen LogP contribution in [0.15, 0.2) is 48.5 Å². The highest BCUT2D eigenvalue weighted by Gasteiger charge is 1.97. The van der Waals surface area contributed by atoms with Crippen molar-refractivity contribution in [2.75, 3.05) is 5.73 Å². The van der Waals surface area contributed by atoms with Crippen LogP contribution in [-0.2, 0) is 0 Å². The molecule has 0 fully saturated rings. The van der Waals surface area contributed by atoms with Crippen molar-refractivity contribution < 1.29 is 4.74 Å². The van der Waals surface area contributed by atoms with E-state index in [0.29, 0.717) is 17.0 Å². The molecule has 2 rings (SSSR count). The van der Waals surface area contributed by atoms with Crippen LogP contribution in [0, 0.1) is 11.3 Å². The summed E-state index contributed by atoms with van der Waals surface area (Å²) in [5.74, 6) is 1.42. The lowest BCUT2D eigenvalue weighted by atomic mass is 10.2. The highest BCUT2D eigenvalue weighted by atomic mass is 16.5. The lowest BCUT2D eigenvalue weighted by Gasteiger charge is -2.05. The predicted octanol–water partition coefficient (Wildman–Crippen LogP) is 2.93. The summed E-state index contributed by atoms with van der Waals surface area (Å²) in [7, 11) is 0. The highest BCUT2D eigenvalue weighted by Crippen LogP contribution is 2.22. The summed E-state index contributed by atoms with van der Waals surface area (Å²) < 4.78 is 5.57. The Labute approximate surface area is 93.7 Å². The first-order valence-electron chi connectivity index (χ1n) is 4.81. The Balaban J connectivity index is 2.15. The first-order valence-corrected chi connectivity index (χ1v) is 4.81. The van der Waals surface area contributed by atoms with Gasteiger partial charge in [0, 0.05) is 5.69 Å². The van der Waals surface area contributed by atoms with Crippen molar-refractivity contribution in [3.63, 3.8) is 0 Å². The summed E-state index contributed by atoms with van der Waals surface area (Å²) in [6.45, 7) is 0. The molecule has 3 nitrogen and oxygen atoms in total. The summed E-state index contributed by atoms with van der Waals surface area (Å²) in [5, 5.41) is 8.64. The number of nitrogens with zero attached hydrogens (tertiary/aromatic N) is 1. The van der Waals surface area contributed by atoms with Gasteiger partial charge in [0.05, 0.1) is 11.6 Å². The van der Waals surface area contributed by atoms with Crippen LogP contribution in [0.3, 0.4) is 0 Å². The van der Waals surface area contributed by atoms with Crippen LogP contribution in [0.25, 0.3) is 0 Å². The second kappa shape index (κ2) is 4.37. The number of nitriles is 1. The fourth-order valence-electron chi connectivity index (χ4n) is 1.27. The SMILES string of the molecule is N#Cc1ccc(Oc2ccc(N)cc2)cc1. The quantitative estimate of drug-likeness (QED) is 0.775. The second-order valence-corrected chi connectivity index (χ2v) is 3.31. The Bertz CT molecular complexity index is 509. The third-order valence-corrected chi connectivity index (χ3v) is 2.10. The minimum Gasteiger partial charge on any atom is -0.457 e. The Morgan fingerprint density at radius 1 is 0.875 bits per heavy atom. The van der Waals surface area contributed by atoms with E-state index < -0.39 is 0 Å². The van der Waals surface area contributed by atoms with Crippen molar-refractivity contribution in [2.24, 2.45) is 0 Å². The molecule has 0 bridgehead atoms. The molecule has 0 spiro atoms. The number of hydrogen-bond donors (Lipinski definition) is 1. The van der Waals surface area contributed by atoms with E-state index in [4.69, 9.17) is 15.7 Å². The van der Waals surface area contributed by atoms with Crippen molar-refractivity contribution >= 4 is 5.69 Å². The molecule has 0 atom stereocenters. The Morgan fingerprint density at radius 2 is 1.38 bits per heavy atom. The van der Waals surface area contributed by atoms with Gasteiger partial charge in [0.15, 0.2) is 0 Å². The van der Waals surface area contributed by atoms with Crippen molar-refractivity contribution in [3.05, 3.63) is 54.1 Å². The van der Waals surface area contributed by atoms with E-state index in [0.717, 1.165) is 5.75 Å². The molecule has 2 aromatic rings. The molecule has 0 saturated carbocycles. The van der Waals surface area contributed by atoms with E-state index in [2.05, 4.69) is 6.07 Å². The Morgan fingerprint density at radius 3 is 1.88 bits per heavy atom. The number of ether oxygens (including phenoxy) is 1. The van der Waals surface area contributed by atoms with Crippen LogP contribution in [-0.4, -0.2) is 0 Å². The molecule has 2 N–H and O–H groups in total. The van der Waals surface area contributed by atoms with Crippen LogP contribution in [0.2, 0.25) is 0 Å². The maximum absolute atomic E-state index is 8.64. The molecule has 0 aromatic heterocycles. The van der Waals surface area contributed by atoms with Gasteiger partial charge in [-0.25, -0.2) is 0 Å². The lowest BCUT2D eigenvalue weighted by Crippen LogP contribution is -1.86. The van der Waals surface area contributed by atoms with Crippen LogP contribution in [0.1, 0.15) is 5.56 Å². The summed E-state index contributed by atoms with van der Waals surface area (Å²) in [6.07, 6.45) is 0. The molecule has 0 saturated heterocycles. The Hall–Kier alpha value is -2.47. The van der Waals surface area contributed by atoms with E-state index in [-0.39, 0.29) is 0 Å². The van der Waals surface area contributed by atoms with E-state index in [9.17, 15) is 0 Å². The van der Waals surface area contributed by atoms with Gasteiger partial charge in [-0.3, -0.25) is 0 Å². The maximum Gasteiger partial charge on any atom is 0.127 e. The summed E-state index contributed by atoms with van der Waals surface area (Å²) in [4.78, 5) is 0. The minimum atomic E-state index is 0.615. The number of rotatable bonds is 2.